The Morgan fingerprint density at radius 1 is 0.482 bits per heavy atom. The van der Waals surface area contributed by atoms with E-state index in [1.165, 1.54) is 0 Å². The van der Waals surface area contributed by atoms with Gasteiger partial charge in [0.2, 0.25) is 6.29 Å². The van der Waals surface area contributed by atoms with Gasteiger partial charge in [-0.1, -0.05) is 63.9 Å². The minimum Gasteiger partial charge on any atom is -0.464 e. The highest BCUT2D eigenvalue weighted by Crippen LogP contribution is 2.55. The zero-order valence-electron chi connectivity index (χ0n) is 32.3. The number of hydrogen-bond donors (Lipinski definition) is 4. The van der Waals surface area contributed by atoms with Crippen LogP contribution in [0.25, 0.3) is 0 Å². The minimum atomic E-state index is -1.56. The monoisotopic (exact) mass is 780 g/mol. The summed E-state index contributed by atoms with van der Waals surface area (Å²) in [5.74, 6) is -8.70. The Morgan fingerprint density at radius 2 is 0.893 bits per heavy atom. The molecule has 0 radical (unpaired) electrons. The molecule has 0 bridgehead atoms. The van der Waals surface area contributed by atoms with Crippen LogP contribution < -0.4 is 0 Å². The van der Waals surface area contributed by atoms with Crippen LogP contribution in [0.3, 0.4) is 0 Å². The van der Waals surface area contributed by atoms with Crippen LogP contribution in [0, 0.1) is 65.1 Å². The van der Waals surface area contributed by atoms with E-state index in [0.29, 0.717) is 88.4 Å². The van der Waals surface area contributed by atoms with Gasteiger partial charge >= 0.3 is 0 Å². The quantitative estimate of drug-likeness (QED) is 0.298. The van der Waals surface area contributed by atoms with Gasteiger partial charge in [0.15, 0.2) is 24.7 Å². The van der Waals surface area contributed by atoms with Crippen molar-refractivity contribution >= 4 is 23.1 Å². The normalized spacial score (nSPS) is 46.9. The van der Waals surface area contributed by atoms with Crippen molar-refractivity contribution in [1.82, 2.24) is 0 Å². The largest absolute Gasteiger partial charge is 0.464 e. The van der Waals surface area contributed by atoms with E-state index in [-0.39, 0.29) is 23.1 Å². The van der Waals surface area contributed by atoms with E-state index >= 15 is 0 Å². The molecule has 4 saturated carbocycles. The standard InChI is InChI=1S/C44H60O12/c45-37-23-12-1-5-16-27(23)53-41(49)33(37)31(34-38(46)24-13-2-6-17-28(24)54-42(34)50)21-10-9-11-22(20-21)32(35-39(47)25-14-3-7-18-29(25)55-43(35)51)36-40(48)26-15-4-8-19-30(26)56-44(36)52/h12,16,21-22,24-26,28-36,41-44,49-52H,1-11,13-15,17-20H2. The van der Waals surface area contributed by atoms with Crippen LogP contribution in [-0.2, 0) is 38.1 Å². The molecule has 12 heteroatoms. The predicted octanol–water partition coefficient (Wildman–Crippen LogP) is 4.44. The topological polar surface area (TPSA) is 186 Å². The molecule has 9 aliphatic rings. The fraction of sp³-hybridized carbons (Fsp3) is 0.818. The fourth-order valence-electron chi connectivity index (χ4n) is 13.3. The predicted molar refractivity (Wildman–Crippen MR) is 197 cm³/mol. The van der Waals surface area contributed by atoms with Crippen molar-refractivity contribution in [3.05, 3.63) is 23.5 Å². The second-order valence-corrected chi connectivity index (χ2v) is 18.7. The average Bonchev–Trinajstić information content (AvgIpc) is 3.19. The van der Waals surface area contributed by atoms with Crippen molar-refractivity contribution in [2.45, 2.75) is 159 Å². The van der Waals surface area contributed by atoms with Gasteiger partial charge in [-0.3, -0.25) is 19.2 Å². The molecule has 0 aromatic heterocycles. The van der Waals surface area contributed by atoms with Crippen LogP contribution in [0.15, 0.2) is 23.5 Å². The van der Waals surface area contributed by atoms with Crippen LogP contribution in [0.4, 0.5) is 0 Å². The Morgan fingerprint density at radius 3 is 1.36 bits per heavy atom. The Bertz CT molecular complexity index is 1560. The Labute approximate surface area is 328 Å². The Kier molecular flexibility index (Phi) is 11.2. The lowest BCUT2D eigenvalue weighted by Gasteiger charge is -2.53. The Hall–Kier alpha value is -2.32. The van der Waals surface area contributed by atoms with Gasteiger partial charge in [0.05, 0.1) is 47.6 Å². The summed E-state index contributed by atoms with van der Waals surface area (Å²) >= 11 is 0. The van der Waals surface area contributed by atoms with E-state index in [1.807, 2.05) is 6.08 Å². The van der Waals surface area contributed by atoms with Gasteiger partial charge in [-0.25, -0.2) is 0 Å². The fourth-order valence-corrected chi connectivity index (χ4v) is 13.3. The summed E-state index contributed by atoms with van der Waals surface area (Å²) in [4.78, 5) is 58.6. The van der Waals surface area contributed by atoms with E-state index < -0.39 is 109 Å². The molecule has 9 rings (SSSR count). The van der Waals surface area contributed by atoms with Crippen molar-refractivity contribution in [3.63, 3.8) is 0 Å². The number of fused-ring (bicyclic) bond motifs is 4. The first-order chi connectivity index (χ1) is 27.1. The molecule has 8 fully saturated rings. The third-order valence-corrected chi connectivity index (χ3v) is 15.8. The molecular weight excluding hydrogens is 720 g/mol. The molecule has 56 heavy (non-hydrogen) atoms. The molecule has 4 saturated heterocycles. The Balaban J connectivity index is 1.10. The summed E-state index contributed by atoms with van der Waals surface area (Å²) in [7, 11) is 0. The van der Waals surface area contributed by atoms with Gasteiger partial charge in [0, 0.05) is 17.8 Å². The van der Waals surface area contributed by atoms with E-state index in [9.17, 15) is 39.6 Å². The van der Waals surface area contributed by atoms with E-state index in [0.717, 1.165) is 38.5 Å². The van der Waals surface area contributed by atoms with Gasteiger partial charge in [0.1, 0.15) is 23.1 Å². The summed E-state index contributed by atoms with van der Waals surface area (Å²) in [6.45, 7) is 0. The molecule has 0 spiro atoms. The first-order valence-electron chi connectivity index (χ1n) is 22.0. The summed E-state index contributed by atoms with van der Waals surface area (Å²) in [6.07, 6.45) is 8.98. The molecule has 0 aromatic carbocycles. The molecule has 0 amide bonds. The number of aliphatic hydroxyl groups excluding tert-OH is 4. The van der Waals surface area contributed by atoms with Crippen LogP contribution in [0.2, 0.25) is 0 Å². The van der Waals surface area contributed by atoms with Gasteiger partial charge in [-0.2, -0.15) is 0 Å². The van der Waals surface area contributed by atoms with E-state index in [2.05, 4.69) is 0 Å². The molecule has 12 nitrogen and oxygen atoms in total. The van der Waals surface area contributed by atoms with Gasteiger partial charge in [-0.05, 0) is 87.5 Å². The summed E-state index contributed by atoms with van der Waals surface area (Å²) < 4.78 is 24.7. The second kappa shape index (κ2) is 16.0. The SMILES string of the molecule is O=C1C2=CCCC=C2OC(O)C1C(C1CCCC(C(C2C(=O)C3CCCCC3OC2O)C2C(=O)C3CCCCC3OC2O)C1)C1C(=O)C2CCCCC2OC1O. The first kappa shape index (κ1) is 39.2. The van der Waals surface area contributed by atoms with Gasteiger partial charge in [-0.15, -0.1) is 0 Å². The summed E-state index contributed by atoms with van der Waals surface area (Å²) in [6, 6.07) is 0. The van der Waals surface area contributed by atoms with Crippen molar-refractivity contribution in [3.8, 4) is 0 Å². The highest BCUT2D eigenvalue weighted by Gasteiger charge is 2.60. The lowest BCUT2D eigenvalue weighted by Crippen LogP contribution is -2.60. The zero-order valence-corrected chi connectivity index (χ0v) is 32.3. The molecule has 17 atom stereocenters. The first-order valence-corrected chi connectivity index (χ1v) is 22.0. The minimum absolute atomic E-state index is 0.132. The van der Waals surface area contributed by atoms with Gasteiger partial charge < -0.3 is 39.4 Å². The number of carbonyl (C=O) groups is 4. The van der Waals surface area contributed by atoms with Crippen LogP contribution in [0.1, 0.15) is 116 Å². The van der Waals surface area contributed by atoms with E-state index in [4.69, 9.17) is 18.9 Å². The molecule has 4 N–H and O–H groups in total. The summed E-state index contributed by atoms with van der Waals surface area (Å²) in [5, 5.41) is 47.0. The number of hydrogen-bond acceptors (Lipinski definition) is 12. The maximum atomic E-state index is 14.7. The van der Waals surface area contributed by atoms with Gasteiger partial charge in [0.25, 0.3) is 0 Å². The number of rotatable bonds is 6. The zero-order chi connectivity index (χ0) is 38.8. The summed E-state index contributed by atoms with van der Waals surface area (Å²) in [5.41, 5.74) is 0.376. The van der Waals surface area contributed by atoms with Crippen molar-refractivity contribution < 1.29 is 58.6 Å². The number of ketones is 4. The average molecular weight is 781 g/mol. The maximum Gasteiger partial charge on any atom is 0.207 e. The molecule has 4 heterocycles. The molecule has 5 aliphatic carbocycles. The lowest BCUT2D eigenvalue weighted by molar-refractivity contribution is -0.253. The molecule has 0 aromatic rings. The highest BCUT2D eigenvalue weighted by molar-refractivity contribution is 6.02. The van der Waals surface area contributed by atoms with Crippen molar-refractivity contribution in [2.24, 2.45) is 65.1 Å². The van der Waals surface area contributed by atoms with Crippen LogP contribution in [0.5, 0.6) is 0 Å². The lowest BCUT2D eigenvalue weighted by atomic mass is 9.56. The number of allylic oxidation sites excluding steroid dienone is 3. The third-order valence-electron chi connectivity index (χ3n) is 15.8. The number of aliphatic hydroxyl groups is 4. The smallest absolute Gasteiger partial charge is 0.207 e. The van der Waals surface area contributed by atoms with Crippen molar-refractivity contribution in [2.75, 3.05) is 0 Å². The van der Waals surface area contributed by atoms with Crippen LogP contribution >= 0.6 is 0 Å². The van der Waals surface area contributed by atoms with Crippen molar-refractivity contribution in [1.29, 1.82) is 0 Å². The van der Waals surface area contributed by atoms with E-state index in [1.54, 1.807) is 6.08 Å². The molecule has 4 aliphatic heterocycles. The third kappa shape index (κ3) is 6.80. The molecule has 308 valence electrons. The maximum absolute atomic E-state index is 14.7. The highest BCUT2D eigenvalue weighted by atomic mass is 16.6. The van der Waals surface area contributed by atoms with Crippen LogP contribution in [-0.4, -0.2) is 87.0 Å². The second-order valence-electron chi connectivity index (χ2n) is 18.7. The number of carbonyl (C=O) groups excluding carboxylic acids is 4. The molecule has 17 unspecified atom stereocenters. The number of ether oxygens (including phenoxy) is 4. The number of Topliss-reactive ketones (excluding diaryl/α,β-unsaturated/α-hetero) is 4. The molecular formula is C44H60O12.